The molecule has 0 bridgehead atoms. The Bertz CT molecular complexity index is 612. The van der Waals surface area contributed by atoms with E-state index >= 15 is 0 Å². The van der Waals surface area contributed by atoms with E-state index in [0.717, 1.165) is 29.2 Å². The van der Waals surface area contributed by atoms with E-state index < -0.39 is 0 Å². The lowest BCUT2D eigenvalue weighted by Crippen LogP contribution is -2.07. The standard InChI is InChI=1S/C13H18N4S/c1-5-9(3)17-12(15-16-13(17)18)11-7-6-8(2)14-10(11)4/h6-7,9H,5H2,1-4H3,(H,16,18). The van der Waals surface area contributed by atoms with E-state index in [-0.39, 0.29) is 0 Å². The van der Waals surface area contributed by atoms with E-state index in [1.54, 1.807) is 0 Å². The van der Waals surface area contributed by atoms with Crippen molar-refractivity contribution in [2.24, 2.45) is 0 Å². The van der Waals surface area contributed by atoms with Crippen molar-refractivity contribution >= 4 is 12.2 Å². The highest BCUT2D eigenvalue weighted by Gasteiger charge is 2.15. The first kappa shape index (κ1) is 13.0. The maximum absolute atomic E-state index is 5.31. The highest BCUT2D eigenvalue weighted by Crippen LogP contribution is 2.24. The average molecular weight is 262 g/mol. The molecule has 2 heterocycles. The molecule has 18 heavy (non-hydrogen) atoms. The molecule has 0 aliphatic heterocycles. The summed E-state index contributed by atoms with van der Waals surface area (Å²) in [6.45, 7) is 8.28. The number of aromatic amines is 1. The molecule has 2 aromatic rings. The second-order valence-electron chi connectivity index (χ2n) is 4.57. The number of hydrogen-bond acceptors (Lipinski definition) is 3. The first-order valence-corrected chi connectivity index (χ1v) is 6.57. The third kappa shape index (κ3) is 2.22. The Morgan fingerprint density at radius 3 is 2.72 bits per heavy atom. The molecule has 1 unspecified atom stereocenters. The molecule has 2 aromatic heterocycles. The van der Waals surface area contributed by atoms with Crippen LogP contribution in [0.3, 0.4) is 0 Å². The number of nitrogens with zero attached hydrogens (tertiary/aromatic N) is 3. The third-order valence-electron chi connectivity index (χ3n) is 3.20. The van der Waals surface area contributed by atoms with E-state index in [2.05, 4.69) is 39.7 Å². The van der Waals surface area contributed by atoms with Crippen LogP contribution in [0.25, 0.3) is 11.4 Å². The Morgan fingerprint density at radius 2 is 2.11 bits per heavy atom. The number of aromatic nitrogens is 4. The van der Waals surface area contributed by atoms with Crippen molar-refractivity contribution in [3.63, 3.8) is 0 Å². The third-order valence-corrected chi connectivity index (χ3v) is 3.49. The summed E-state index contributed by atoms with van der Waals surface area (Å²) in [5, 5.41) is 7.23. The monoisotopic (exact) mass is 262 g/mol. The molecule has 0 saturated heterocycles. The number of nitrogens with one attached hydrogen (secondary N) is 1. The van der Waals surface area contributed by atoms with Gasteiger partial charge in [-0.05, 0) is 51.5 Å². The minimum Gasteiger partial charge on any atom is -0.297 e. The summed E-state index contributed by atoms with van der Waals surface area (Å²) in [7, 11) is 0. The van der Waals surface area contributed by atoms with Gasteiger partial charge >= 0.3 is 0 Å². The number of aryl methyl sites for hydroxylation is 2. The second-order valence-corrected chi connectivity index (χ2v) is 4.95. The summed E-state index contributed by atoms with van der Waals surface area (Å²) in [5.74, 6) is 0.874. The van der Waals surface area contributed by atoms with Gasteiger partial charge in [-0.15, -0.1) is 0 Å². The first-order chi connectivity index (χ1) is 8.54. The van der Waals surface area contributed by atoms with Crippen molar-refractivity contribution in [3.8, 4) is 11.4 Å². The van der Waals surface area contributed by atoms with Gasteiger partial charge in [0.2, 0.25) is 0 Å². The maximum atomic E-state index is 5.31. The molecule has 96 valence electrons. The zero-order valence-electron chi connectivity index (χ0n) is 11.2. The topological polar surface area (TPSA) is 46.5 Å². The SMILES string of the molecule is CCC(C)n1c(-c2ccc(C)nc2C)n[nH]c1=S. The van der Waals surface area contributed by atoms with Crippen molar-refractivity contribution in [2.75, 3.05) is 0 Å². The van der Waals surface area contributed by atoms with Crippen LogP contribution in [0, 0.1) is 18.6 Å². The summed E-state index contributed by atoms with van der Waals surface area (Å²) in [5.41, 5.74) is 3.03. The van der Waals surface area contributed by atoms with Crippen LogP contribution in [0.4, 0.5) is 0 Å². The van der Waals surface area contributed by atoms with E-state index in [1.165, 1.54) is 0 Å². The molecule has 0 saturated carbocycles. The zero-order valence-corrected chi connectivity index (χ0v) is 12.0. The Morgan fingerprint density at radius 1 is 1.39 bits per heavy atom. The predicted octanol–water partition coefficient (Wildman–Crippen LogP) is 3.59. The van der Waals surface area contributed by atoms with Crippen molar-refractivity contribution in [3.05, 3.63) is 28.3 Å². The average Bonchev–Trinajstić information content (AvgIpc) is 2.70. The molecule has 0 radical (unpaired) electrons. The van der Waals surface area contributed by atoms with Crippen molar-refractivity contribution in [2.45, 2.75) is 40.2 Å². The minimum absolute atomic E-state index is 0.326. The van der Waals surface area contributed by atoms with Crippen LogP contribution in [0.2, 0.25) is 0 Å². The largest absolute Gasteiger partial charge is 0.297 e. The summed E-state index contributed by atoms with van der Waals surface area (Å²) in [6, 6.07) is 4.38. The number of pyridine rings is 1. The van der Waals surface area contributed by atoms with Gasteiger partial charge in [-0.1, -0.05) is 6.92 Å². The summed E-state index contributed by atoms with van der Waals surface area (Å²) in [4.78, 5) is 4.48. The van der Waals surface area contributed by atoms with E-state index in [4.69, 9.17) is 12.2 Å². The van der Waals surface area contributed by atoms with Crippen LogP contribution in [0.5, 0.6) is 0 Å². The first-order valence-electron chi connectivity index (χ1n) is 6.16. The van der Waals surface area contributed by atoms with Gasteiger partial charge in [0.1, 0.15) is 0 Å². The molecule has 0 spiro atoms. The molecule has 0 amide bonds. The summed E-state index contributed by atoms with van der Waals surface area (Å²) < 4.78 is 2.73. The van der Waals surface area contributed by atoms with Crippen LogP contribution >= 0.6 is 12.2 Å². The number of rotatable bonds is 3. The molecule has 4 nitrogen and oxygen atoms in total. The molecule has 2 rings (SSSR count). The summed E-state index contributed by atoms with van der Waals surface area (Å²) >= 11 is 5.31. The highest BCUT2D eigenvalue weighted by atomic mass is 32.1. The minimum atomic E-state index is 0.326. The predicted molar refractivity (Wildman–Crippen MR) is 75.1 cm³/mol. The molecule has 0 aliphatic carbocycles. The van der Waals surface area contributed by atoms with E-state index in [9.17, 15) is 0 Å². The van der Waals surface area contributed by atoms with E-state index in [0.29, 0.717) is 10.8 Å². The molecule has 0 aliphatic rings. The van der Waals surface area contributed by atoms with E-state index in [1.807, 2.05) is 19.9 Å². The van der Waals surface area contributed by atoms with Gasteiger partial charge in [0, 0.05) is 23.0 Å². The van der Waals surface area contributed by atoms with Crippen LogP contribution in [0.15, 0.2) is 12.1 Å². The van der Waals surface area contributed by atoms with Crippen LogP contribution in [0.1, 0.15) is 37.7 Å². The highest BCUT2D eigenvalue weighted by molar-refractivity contribution is 7.71. The lowest BCUT2D eigenvalue weighted by Gasteiger charge is -2.14. The van der Waals surface area contributed by atoms with Crippen LogP contribution in [-0.2, 0) is 0 Å². The fourth-order valence-corrected chi connectivity index (χ4v) is 2.32. The molecular weight excluding hydrogens is 244 g/mol. The molecule has 1 N–H and O–H groups in total. The Labute approximate surface area is 112 Å². The number of H-pyrrole nitrogens is 1. The van der Waals surface area contributed by atoms with Crippen LogP contribution in [-0.4, -0.2) is 19.7 Å². The van der Waals surface area contributed by atoms with Gasteiger partial charge in [-0.25, -0.2) is 0 Å². The van der Waals surface area contributed by atoms with Crippen molar-refractivity contribution in [1.82, 2.24) is 19.7 Å². The Kier molecular flexibility index (Phi) is 3.61. The maximum Gasteiger partial charge on any atom is 0.195 e. The molecule has 0 aromatic carbocycles. The molecular formula is C13H18N4S. The summed E-state index contributed by atoms with van der Waals surface area (Å²) in [6.07, 6.45) is 1.01. The van der Waals surface area contributed by atoms with Gasteiger partial charge in [0.15, 0.2) is 10.6 Å². The fourth-order valence-electron chi connectivity index (χ4n) is 2.01. The molecule has 1 atom stereocenters. The van der Waals surface area contributed by atoms with Crippen molar-refractivity contribution in [1.29, 1.82) is 0 Å². The lowest BCUT2D eigenvalue weighted by molar-refractivity contribution is 0.528. The van der Waals surface area contributed by atoms with Gasteiger partial charge in [0.25, 0.3) is 0 Å². The fraction of sp³-hybridized carbons (Fsp3) is 0.462. The Hall–Kier alpha value is -1.49. The van der Waals surface area contributed by atoms with Crippen LogP contribution < -0.4 is 0 Å². The zero-order chi connectivity index (χ0) is 13.3. The van der Waals surface area contributed by atoms with Gasteiger partial charge < -0.3 is 0 Å². The smallest absolute Gasteiger partial charge is 0.195 e. The van der Waals surface area contributed by atoms with Gasteiger partial charge in [-0.3, -0.25) is 14.6 Å². The van der Waals surface area contributed by atoms with Gasteiger partial charge in [-0.2, -0.15) is 5.10 Å². The molecule has 5 heteroatoms. The van der Waals surface area contributed by atoms with Gasteiger partial charge in [0.05, 0.1) is 0 Å². The molecule has 0 fully saturated rings. The normalized spacial score (nSPS) is 12.7. The van der Waals surface area contributed by atoms with Crippen molar-refractivity contribution < 1.29 is 0 Å². The lowest BCUT2D eigenvalue weighted by atomic mass is 10.1. The second kappa shape index (κ2) is 5.02. The Balaban J connectivity index is 2.61. The quantitative estimate of drug-likeness (QED) is 0.860. The number of hydrogen-bond donors (Lipinski definition) is 1.